The first kappa shape index (κ1) is 21.9. The van der Waals surface area contributed by atoms with Crippen molar-refractivity contribution in [2.75, 3.05) is 24.4 Å². The number of halogens is 2. The smallest absolute Gasteiger partial charge is 0.263 e. The molecule has 0 unspecified atom stereocenters. The number of anilines is 1. The molecule has 1 aliphatic heterocycles. The van der Waals surface area contributed by atoms with Crippen molar-refractivity contribution < 1.29 is 17.5 Å². The topological polar surface area (TPSA) is 93.2 Å². The van der Waals surface area contributed by atoms with Gasteiger partial charge in [0.25, 0.3) is 10.0 Å². The first-order valence-electron chi connectivity index (χ1n) is 9.60. The zero-order valence-corrected chi connectivity index (χ0v) is 18.7. The summed E-state index contributed by atoms with van der Waals surface area (Å²) in [6.45, 7) is 1.94. The Morgan fingerprint density at radius 1 is 1.26 bits per heavy atom. The molecule has 0 spiro atoms. The van der Waals surface area contributed by atoms with E-state index in [-0.39, 0.29) is 27.6 Å². The Kier molecular flexibility index (Phi) is 6.71. The van der Waals surface area contributed by atoms with E-state index >= 15 is 0 Å². The van der Waals surface area contributed by atoms with Gasteiger partial charge in [0.1, 0.15) is 6.33 Å². The summed E-state index contributed by atoms with van der Waals surface area (Å²) in [5.74, 6) is -0.337. The molecule has 2 N–H and O–H groups in total. The highest BCUT2D eigenvalue weighted by Gasteiger charge is 2.27. The number of sulfonamides is 1. The van der Waals surface area contributed by atoms with E-state index in [4.69, 9.17) is 16.3 Å². The highest BCUT2D eigenvalue weighted by atomic mass is 35.5. The number of benzene rings is 2. The van der Waals surface area contributed by atoms with Crippen molar-refractivity contribution >= 4 is 38.3 Å². The Labute approximate surface area is 188 Å². The van der Waals surface area contributed by atoms with Crippen LogP contribution in [0.15, 0.2) is 53.7 Å². The Morgan fingerprint density at radius 3 is 2.77 bits per heavy atom. The largest absolute Gasteiger partial charge is 0.490 e. The molecule has 2 aromatic carbocycles. The molecule has 1 aliphatic rings. The molecule has 3 aromatic rings. The molecule has 164 valence electrons. The summed E-state index contributed by atoms with van der Waals surface area (Å²) in [5.41, 5.74) is 1.17. The molecule has 2 heterocycles. The number of aromatic nitrogens is 2. The minimum absolute atomic E-state index is 0.00953. The van der Waals surface area contributed by atoms with Gasteiger partial charge in [-0.2, -0.15) is 4.37 Å². The van der Waals surface area contributed by atoms with Crippen molar-refractivity contribution in [1.82, 2.24) is 14.7 Å². The van der Waals surface area contributed by atoms with Crippen molar-refractivity contribution in [2.45, 2.75) is 17.2 Å². The second kappa shape index (κ2) is 9.47. The fourth-order valence-electron chi connectivity index (χ4n) is 3.60. The van der Waals surface area contributed by atoms with E-state index in [1.165, 1.54) is 24.0 Å². The van der Waals surface area contributed by atoms with E-state index in [1.807, 2.05) is 24.3 Å². The maximum Gasteiger partial charge on any atom is 0.263 e. The van der Waals surface area contributed by atoms with Crippen molar-refractivity contribution in [2.24, 2.45) is 5.92 Å². The molecule has 2 atom stereocenters. The predicted octanol–water partition coefficient (Wildman–Crippen LogP) is 3.90. The Bertz CT molecular complexity index is 1130. The van der Waals surface area contributed by atoms with Gasteiger partial charge in [0.2, 0.25) is 5.13 Å². The lowest BCUT2D eigenvalue weighted by Crippen LogP contribution is -2.38. The molecular formula is C20H20ClFN4O3S2. The van der Waals surface area contributed by atoms with Gasteiger partial charge in [-0.1, -0.05) is 23.7 Å². The highest BCUT2D eigenvalue weighted by Crippen LogP contribution is 2.32. The summed E-state index contributed by atoms with van der Waals surface area (Å²) in [6.07, 6.45) is 2.17. The number of hydrogen-bond donors (Lipinski definition) is 2. The van der Waals surface area contributed by atoms with Gasteiger partial charge < -0.3 is 10.1 Å². The van der Waals surface area contributed by atoms with Crippen LogP contribution in [-0.4, -0.2) is 37.5 Å². The van der Waals surface area contributed by atoms with Gasteiger partial charge in [-0.15, -0.1) is 0 Å². The van der Waals surface area contributed by atoms with Crippen molar-refractivity contribution in [3.63, 3.8) is 0 Å². The van der Waals surface area contributed by atoms with Crippen LogP contribution in [0, 0.1) is 11.7 Å². The number of piperidine rings is 1. The summed E-state index contributed by atoms with van der Waals surface area (Å²) < 4.78 is 51.1. The van der Waals surface area contributed by atoms with Crippen molar-refractivity contribution in [3.8, 4) is 5.75 Å². The lowest BCUT2D eigenvalue weighted by molar-refractivity contribution is 0.191. The van der Waals surface area contributed by atoms with Crippen LogP contribution in [0.5, 0.6) is 5.75 Å². The predicted molar refractivity (Wildman–Crippen MR) is 118 cm³/mol. The van der Waals surface area contributed by atoms with Crippen LogP contribution in [0.1, 0.15) is 17.9 Å². The fourth-order valence-corrected chi connectivity index (χ4v) is 5.40. The molecule has 1 saturated heterocycles. The standard InChI is InChI=1S/C20H20ClFN4O3S2/c21-15-3-1-13(2-4-15)17-7-8-23-10-14(17)11-29-19-6-5-16(9-18(19)22)31(27,28)26-20-24-12-25-30-20/h1-6,9,12,14,17,23H,7-8,10-11H2,(H,24,25,26)/t14-,17-/m1/s1. The quantitative estimate of drug-likeness (QED) is 0.530. The second-order valence-electron chi connectivity index (χ2n) is 7.17. The molecule has 31 heavy (non-hydrogen) atoms. The third-order valence-electron chi connectivity index (χ3n) is 5.16. The monoisotopic (exact) mass is 482 g/mol. The molecule has 0 aliphatic carbocycles. The minimum atomic E-state index is -3.96. The Balaban J connectivity index is 1.44. The van der Waals surface area contributed by atoms with Crippen LogP contribution in [0.2, 0.25) is 5.02 Å². The third-order valence-corrected chi connectivity index (χ3v) is 7.45. The number of nitrogens with zero attached hydrogens (tertiary/aromatic N) is 2. The van der Waals surface area contributed by atoms with Gasteiger partial charge >= 0.3 is 0 Å². The van der Waals surface area contributed by atoms with E-state index in [9.17, 15) is 12.8 Å². The van der Waals surface area contributed by atoms with Crippen molar-refractivity contribution in [1.29, 1.82) is 0 Å². The Morgan fingerprint density at radius 2 is 2.06 bits per heavy atom. The number of rotatable bonds is 7. The van der Waals surface area contributed by atoms with Crippen LogP contribution < -0.4 is 14.8 Å². The molecule has 4 rings (SSSR count). The number of hydrogen-bond acceptors (Lipinski definition) is 7. The first-order valence-corrected chi connectivity index (χ1v) is 12.2. The lowest BCUT2D eigenvalue weighted by Gasteiger charge is -2.32. The molecule has 0 amide bonds. The van der Waals surface area contributed by atoms with E-state index in [1.54, 1.807) is 0 Å². The van der Waals surface area contributed by atoms with Gasteiger partial charge in [0, 0.05) is 29.0 Å². The molecule has 1 aromatic heterocycles. The molecule has 11 heteroatoms. The zero-order chi connectivity index (χ0) is 21.8. The van der Waals surface area contributed by atoms with Gasteiger partial charge in [-0.05, 0) is 54.8 Å². The van der Waals surface area contributed by atoms with Gasteiger partial charge in [0.15, 0.2) is 11.6 Å². The number of nitrogens with one attached hydrogen (secondary N) is 2. The second-order valence-corrected chi connectivity index (χ2v) is 10.1. The zero-order valence-electron chi connectivity index (χ0n) is 16.3. The summed E-state index contributed by atoms with van der Waals surface area (Å²) in [6, 6.07) is 11.3. The SMILES string of the molecule is O=S(=O)(Nc1ncns1)c1ccc(OC[C@H]2CNCC[C@@H]2c2ccc(Cl)cc2)c(F)c1. The van der Waals surface area contributed by atoms with Crippen LogP contribution >= 0.6 is 23.1 Å². The van der Waals surface area contributed by atoms with Gasteiger partial charge in [-0.25, -0.2) is 17.8 Å². The van der Waals surface area contributed by atoms with Crippen LogP contribution in [0.3, 0.4) is 0 Å². The number of ether oxygens (including phenoxy) is 1. The van der Waals surface area contributed by atoms with Crippen LogP contribution in [0.4, 0.5) is 9.52 Å². The lowest BCUT2D eigenvalue weighted by atomic mass is 9.81. The average Bonchev–Trinajstić information content (AvgIpc) is 3.26. The van der Waals surface area contributed by atoms with Crippen LogP contribution in [-0.2, 0) is 10.0 Å². The molecule has 7 nitrogen and oxygen atoms in total. The Hall–Kier alpha value is -2.27. The van der Waals surface area contributed by atoms with E-state index in [0.717, 1.165) is 37.1 Å². The van der Waals surface area contributed by atoms with Crippen molar-refractivity contribution in [3.05, 3.63) is 65.2 Å². The first-order chi connectivity index (χ1) is 14.9. The average molecular weight is 483 g/mol. The molecule has 0 bridgehead atoms. The van der Waals surface area contributed by atoms with Gasteiger partial charge in [-0.3, -0.25) is 4.72 Å². The summed E-state index contributed by atoms with van der Waals surface area (Å²) in [5, 5.41) is 4.14. The maximum atomic E-state index is 14.6. The van der Waals surface area contributed by atoms with E-state index in [0.29, 0.717) is 11.6 Å². The van der Waals surface area contributed by atoms with E-state index < -0.39 is 15.8 Å². The van der Waals surface area contributed by atoms with Crippen LogP contribution in [0.25, 0.3) is 0 Å². The highest BCUT2D eigenvalue weighted by molar-refractivity contribution is 7.93. The summed E-state index contributed by atoms with van der Waals surface area (Å²) in [4.78, 5) is 3.55. The summed E-state index contributed by atoms with van der Waals surface area (Å²) >= 11 is 6.89. The minimum Gasteiger partial charge on any atom is -0.490 e. The summed E-state index contributed by atoms with van der Waals surface area (Å²) in [7, 11) is -3.96. The van der Waals surface area contributed by atoms with Gasteiger partial charge in [0.05, 0.1) is 11.5 Å². The molecular weight excluding hydrogens is 463 g/mol. The maximum absolute atomic E-state index is 14.6. The fraction of sp³-hybridized carbons (Fsp3) is 0.300. The normalized spacial score (nSPS) is 19.2. The molecule has 1 fully saturated rings. The van der Waals surface area contributed by atoms with E-state index in [2.05, 4.69) is 19.4 Å². The molecule has 0 saturated carbocycles. The molecule has 0 radical (unpaired) electrons. The third kappa shape index (κ3) is 5.32.